The fourth-order valence-corrected chi connectivity index (χ4v) is 4.99. The second-order valence-electron chi connectivity index (χ2n) is 11.0. The van der Waals surface area contributed by atoms with Crippen LogP contribution in [0.4, 0.5) is 10.6 Å². The third kappa shape index (κ3) is 7.78. The van der Waals surface area contributed by atoms with E-state index in [1.165, 1.54) is 23.0 Å². The van der Waals surface area contributed by atoms with E-state index in [0.717, 1.165) is 25.3 Å². The number of nitrogens with two attached hydrogens (primary N) is 1. The highest BCUT2D eigenvalue weighted by atomic mass is 35.5. The largest absolute Gasteiger partial charge is 0.354 e. The van der Waals surface area contributed by atoms with E-state index in [2.05, 4.69) is 34.2 Å². The first-order valence-corrected chi connectivity index (χ1v) is 13.2. The minimum atomic E-state index is -0.943. The quantitative estimate of drug-likeness (QED) is 0.550. The molecule has 2 aliphatic rings. The molecule has 0 atom stereocenters. The molecule has 3 N–H and O–H groups in total. The Balaban J connectivity index is 0.00000420. The van der Waals surface area contributed by atoms with Crippen molar-refractivity contribution in [2.24, 2.45) is 5.73 Å². The molecule has 1 aromatic carbocycles. The molecule has 0 bridgehead atoms. The van der Waals surface area contributed by atoms with Gasteiger partial charge in [0.25, 0.3) is 0 Å². The summed E-state index contributed by atoms with van der Waals surface area (Å²) in [4.78, 5) is 49.8. The van der Waals surface area contributed by atoms with Crippen LogP contribution in [0.25, 0.3) is 5.69 Å². The zero-order valence-corrected chi connectivity index (χ0v) is 24.1. The summed E-state index contributed by atoms with van der Waals surface area (Å²) in [7, 11) is 4.29. The topological polar surface area (TPSA) is 120 Å². The first-order chi connectivity index (χ1) is 18.0. The first kappa shape index (κ1) is 30.6. The molecular weight excluding hydrogens is 520 g/mol. The molecule has 3 amide bonds. The lowest BCUT2D eigenvalue weighted by molar-refractivity contribution is -0.137. The van der Waals surface area contributed by atoms with Gasteiger partial charge in [0, 0.05) is 45.0 Å². The predicted octanol–water partition coefficient (Wildman–Crippen LogP) is 1.59. The SMILES string of the molecule is CN(C)C1CCN(Cc2ccc(-n3ccc(NC(=O)N4CCN(C(=O)C(C)(C)N)CC4)nc3=O)cc2)CC1.Cl. The van der Waals surface area contributed by atoms with E-state index < -0.39 is 11.2 Å². The van der Waals surface area contributed by atoms with Crippen molar-refractivity contribution in [1.29, 1.82) is 0 Å². The van der Waals surface area contributed by atoms with Crippen molar-refractivity contribution in [3.63, 3.8) is 0 Å². The van der Waals surface area contributed by atoms with Gasteiger partial charge in [0.15, 0.2) is 0 Å². The van der Waals surface area contributed by atoms with Gasteiger partial charge in [-0.15, -0.1) is 12.4 Å². The number of benzene rings is 1. The maximum absolute atomic E-state index is 12.7. The number of piperidine rings is 1. The Morgan fingerprint density at radius 3 is 2.13 bits per heavy atom. The van der Waals surface area contributed by atoms with Crippen molar-refractivity contribution in [1.82, 2.24) is 29.2 Å². The summed E-state index contributed by atoms with van der Waals surface area (Å²) >= 11 is 0. The number of nitrogens with one attached hydrogen (secondary N) is 1. The molecule has 11 nitrogen and oxygen atoms in total. The van der Waals surface area contributed by atoms with Gasteiger partial charge in [0.05, 0.1) is 11.2 Å². The highest BCUT2D eigenvalue weighted by molar-refractivity contribution is 5.89. The van der Waals surface area contributed by atoms with Gasteiger partial charge in [-0.2, -0.15) is 4.98 Å². The predicted molar refractivity (Wildman–Crippen MR) is 155 cm³/mol. The number of aromatic nitrogens is 2. The van der Waals surface area contributed by atoms with Crippen LogP contribution >= 0.6 is 12.4 Å². The molecule has 0 radical (unpaired) electrons. The van der Waals surface area contributed by atoms with Crippen molar-refractivity contribution in [3.8, 4) is 5.69 Å². The molecule has 4 rings (SSSR count). The highest BCUT2D eigenvalue weighted by Gasteiger charge is 2.31. The van der Waals surface area contributed by atoms with Gasteiger partial charge in [-0.05, 0) is 77.6 Å². The Hall–Kier alpha value is -2.99. The van der Waals surface area contributed by atoms with Crippen LogP contribution in [0.2, 0.25) is 0 Å². The van der Waals surface area contributed by atoms with Gasteiger partial charge in [0.1, 0.15) is 5.82 Å². The molecular formula is C27H41ClN8O3. The van der Waals surface area contributed by atoms with Crippen molar-refractivity contribution < 1.29 is 9.59 Å². The third-order valence-corrected chi connectivity index (χ3v) is 7.35. The number of halogens is 1. The molecule has 214 valence electrons. The summed E-state index contributed by atoms with van der Waals surface area (Å²) in [5, 5.41) is 2.70. The van der Waals surface area contributed by atoms with E-state index in [0.29, 0.717) is 32.2 Å². The summed E-state index contributed by atoms with van der Waals surface area (Å²) < 4.78 is 1.46. The molecule has 39 heavy (non-hydrogen) atoms. The Kier molecular flexibility index (Phi) is 10.1. The van der Waals surface area contributed by atoms with E-state index in [4.69, 9.17) is 5.73 Å². The van der Waals surface area contributed by atoms with Crippen LogP contribution in [0.15, 0.2) is 41.3 Å². The molecule has 0 aliphatic carbocycles. The van der Waals surface area contributed by atoms with Gasteiger partial charge in [-0.1, -0.05) is 12.1 Å². The van der Waals surface area contributed by atoms with Crippen LogP contribution in [0.3, 0.4) is 0 Å². The lowest BCUT2D eigenvalue weighted by Gasteiger charge is -2.37. The number of hydrogen-bond donors (Lipinski definition) is 2. The Bertz CT molecular complexity index is 1180. The van der Waals surface area contributed by atoms with Gasteiger partial charge in [-0.3, -0.25) is 19.6 Å². The fraction of sp³-hybridized carbons (Fsp3) is 0.556. The molecule has 3 heterocycles. The third-order valence-electron chi connectivity index (χ3n) is 7.35. The smallest absolute Gasteiger partial charge is 0.338 e. The van der Waals surface area contributed by atoms with Gasteiger partial charge in [-0.25, -0.2) is 9.59 Å². The molecule has 12 heteroatoms. The van der Waals surface area contributed by atoms with Crippen LogP contribution in [0.5, 0.6) is 0 Å². The summed E-state index contributed by atoms with van der Waals surface area (Å²) in [5.41, 5.74) is 6.42. The number of hydrogen-bond acceptors (Lipinski definition) is 7. The number of nitrogens with zero attached hydrogens (tertiary/aromatic N) is 6. The highest BCUT2D eigenvalue weighted by Crippen LogP contribution is 2.18. The molecule has 2 aliphatic heterocycles. The van der Waals surface area contributed by atoms with E-state index in [-0.39, 0.29) is 30.2 Å². The second kappa shape index (κ2) is 12.9. The zero-order valence-electron chi connectivity index (χ0n) is 23.3. The van der Waals surface area contributed by atoms with Crippen LogP contribution in [-0.2, 0) is 11.3 Å². The molecule has 0 spiro atoms. The number of carbonyl (C=O) groups excluding carboxylic acids is 2. The van der Waals surface area contributed by atoms with Crippen molar-refractivity contribution >= 4 is 30.2 Å². The number of likely N-dealkylation sites (tertiary alicyclic amines) is 1. The average Bonchev–Trinajstić information content (AvgIpc) is 2.89. The Morgan fingerprint density at radius 1 is 1.00 bits per heavy atom. The van der Waals surface area contributed by atoms with Gasteiger partial charge >= 0.3 is 11.7 Å². The van der Waals surface area contributed by atoms with Crippen molar-refractivity contribution in [2.45, 2.75) is 44.8 Å². The van der Waals surface area contributed by atoms with Crippen LogP contribution in [-0.4, -0.2) is 106 Å². The van der Waals surface area contributed by atoms with E-state index in [1.54, 1.807) is 35.9 Å². The fourth-order valence-electron chi connectivity index (χ4n) is 4.99. The van der Waals surface area contributed by atoms with Crippen molar-refractivity contribution in [3.05, 3.63) is 52.6 Å². The van der Waals surface area contributed by atoms with Gasteiger partial charge in [0.2, 0.25) is 5.91 Å². The first-order valence-electron chi connectivity index (χ1n) is 13.2. The van der Waals surface area contributed by atoms with Crippen LogP contribution in [0.1, 0.15) is 32.3 Å². The minimum absolute atomic E-state index is 0. The number of carbonyl (C=O) groups is 2. The van der Waals surface area contributed by atoms with E-state index in [1.807, 2.05) is 24.3 Å². The monoisotopic (exact) mass is 560 g/mol. The standard InChI is InChI=1S/C27H40N8O3.ClH/c1-27(2,28)24(36)33-15-17-34(18-16-33)25(37)29-23-11-14-35(26(38)30-23)22-7-5-20(6-8-22)19-32-12-9-21(10-13-32)31(3)4;/h5-8,11,14,21H,9-10,12-13,15-19,28H2,1-4H3,(H,29,30,37,38);1H. The molecule has 1 aromatic heterocycles. The number of rotatable bonds is 6. The van der Waals surface area contributed by atoms with E-state index in [9.17, 15) is 14.4 Å². The zero-order chi connectivity index (χ0) is 27.4. The maximum atomic E-state index is 12.7. The molecule has 2 aromatic rings. The normalized spacial score (nSPS) is 17.2. The van der Waals surface area contributed by atoms with E-state index >= 15 is 0 Å². The second-order valence-corrected chi connectivity index (χ2v) is 11.0. The summed E-state index contributed by atoms with van der Waals surface area (Å²) in [6.07, 6.45) is 3.97. The Labute approximate surface area is 236 Å². The molecule has 2 fully saturated rings. The summed E-state index contributed by atoms with van der Waals surface area (Å²) in [5.74, 6) is 0.0519. The number of anilines is 1. The molecule has 0 saturated carbocycles. The number of amides is 3. The lowest BCUT2D eigenvalue weighted by atomic mass is 10.0. The Morgan fingerprint density at radius 2 is 1.59 bits per heavy atom. The number of urea groups is 1. The lowest BCUT2D eigenvalue weighted by Crippen LogP contribution is -2.58. The van der Waals surface area contributed by atoms with Crippen LogP contribution < -0.4 is 16.7 Å². The average molecular weight is 561 g/mol. The van der Waals surface area contributed by atoms with Crippen molar-refractivity contribution in [2.75, 3.05) is 58.7 Å². The van der Waals surface area contributed by atoms with Crippen LogP contribution in [0, 0.1) is 0 Å². The number of piperazine rings is 1. The molecule has 0 unspecified atom stereocenters. The summed E-state index contributed by atoms with van der Waals surface area (Å²) in [6.45, 7) is 7.99. The summed E-state index contributed by atoms with van der Waals surface area (Å²) in [6, 6.07) is 9.86. The maximum Gasteiger partial charge on any atom is 0.354 e. The minimum Gasteiger partial charge on any atom is -0.338 e. The molecule has 2 saturated heterocycles. The van der Waals surface area contributed by atoms with Gasteiger partial charge < -0.3 is 20.4 Å².